The molecule has 2 N–H and O–H groups in total. The zero-order valence-electron chi connectivity index (χ0n) is 11.7. The van der Waals surface area contributed by atoms with Gasteiger partial charge in [0.25, 0.3) is 0 Å². The first-order valence-electron chi connectivity index (χ1n) is 7.00. The number of ether oxygens (including phenoxy) is 1. The number of anilines is 1. The zero-order chi connectivity index (χ0) is 15.1. The lowest BCUT2D eigenvalue weighted by Gasteiger charge is -2.11. The third-order valence-electron chi connectivity index (χ3n) is 3.15. The Kier molecular flexibility index (Phi) is 6.06. The van der Waals surface area contributed by atoms with E-state index in [9.17, 15) is 4.79 Å². The van der Waals surface area contributed by atoms with E-state index in [1.165, 1.54) is 0 Å². The minimum atomic E-state index is -0.107. The predicted molar refractivity (Wildman–Crippen MR) is 82.3 cm³/mol. The molecule has 1 heterocycles. The lowest BCUT2D eigenvalue weighted by atomic mass is 10.1. The van der Waals surface area contributed by atoms with E-state index in [2.05, 4.69) is 17.2 Å². The van der Waals surface area contributed by atoms with Crippen LogP contribution in [-0.2, 0) is 9.53 Å². The van der Waals surface area contributed by atoms with Gasteiger partial charge in [-0.1, -0.05) is 23.4 Å². The Hall–Kier alpha value is -1.54. The van der Waals surface area contributed by atoms with Gasteiger partial charge in [-0.2, -0.15) is 0 Å². The molecule has 4 nitrogen and oxygen atoms in total. The quantitative estimate of drug-likeness (QED) is 0.841. The van der Waals surface area contributed by atoms with E-state index in [4.69, 9.17) is 21.4 Å². The minimum Gasteiger partial charge on any atom is -0.395 e. The van der Waals surface area contributed by atoms with Gasteiger partial charge in [0.1, 0.15) is 0 Å². The van der Waals surface area contributed by atoms with Gasteiger partial charge in [-0.15, -0.1) is 0 Å². The molecule has 1 aliphatic rings. The number of carbonyl (C=O) groups is 1. The highest BCUT2D eigenvalue weighted by molar-refractivity contribution is 6.33. The SMILES string of the molecule is O=C(CC1CCCO1)Nc1cc(C#CCCO)ccc1Cl. The van der Waals surface area contributed by atoms with Crippen LogP contribution < -0.4 is 5.32 Å². The molecule has 1 aliphatic heterocycles. The van der Waals surface area contributed by atoms with Gasteiger partial charge < -0.3 is 15.2 Å². The highest BCUT2D eigenvalue weighted by atomic mass is 35.5. The zero-order valence-corrected chi connectivity index (χ0v) is 12.4. The van der Waals surface area contributed by atoms with Gasteiger partial charge in [0, 0.05) is 18.6 Å². The third kappa shape index (κ3) is 5.05. The Bertz CT molecular complexity index is 556. The number of aliphatic hydroxyl groups is 1. The highest BCUT2D eigenvalue weighted by Crippen LogP contribution is 2.24. The van der Waals surface area contributed by atoms with Crippen LogP contribution in [0.1, 0.15) is 31.2 Å². The van der Waals surface area contributed by atoms with Gasteiger partial charge >= 0.3 is 0 Å². The molecule has 1 fully saturated rings. The van der Waals surface area contributed by atoms with Crippen LogP contribution >= 0.6 is 11.6 Å². The van der Waals surface area contributed by atoms with E-state index in [1.807, 2.05) is 0 Å². The van der Waals surface area contributed by atoms with Crippen molar-refractivity contribution in [3.63, 3.8) is 0 Å². The number of hydrogen-bond acceptors (Lipinski definition) is 3. The van der Waals surface area contributed by atoms with Crippen molar-refractivity contribution in [3.8, 4) is 11.8 Å². The van der Waals surface area contributed by atoms with Gasteiger partial charge in [-0.3, -0.25) is 4.79 Å². The number of amides is 1. The Labute approximate surface area is 129 Å². The fourth-order valence-electron chi connectivity index (χ4n) is 2.13. The first kappa shape index (κ1) is 15.8. The maximum Gasteiger partial charge on any atom is 0.227 e. The molecule has 0 radical (unpaired) electrons. The molecule has 0 aromatic heterocycles. The van der Waals surface area contributed by atoms with Crippen LogP contribution in [0, 0.1) is 11.8 Å². The van der Waals surface area contributed by atoms with Crippen molar-refractivity contribution in [2.75, 3.05) is 18.5 Å². The maximum absolute atomic E-state index is 12.0. The van der Waals surface area contributed by atoms with Crippen molar-refractivity contribution < 1.29 is 14.6 Å². The largest absolute Gasteiger partial charge is 0.395 e. The number of halogens is 1. The smallest absolute Gasteiger partial charge is 0.227 e. The summed E-state index contributed by atoms with van der Waals surface area (Å²) in [6.07, 6.45) is 2.71. The summed E-state index contributed by atoms with van der Waals surface area (Å²) in [4.78, 5) is 12.0. The Balaban J connectivity index is 1.99. The van der Waals surface area contributed by atoms with Gasteiger partial charge in [0.15, 0.2) is 0 Å². The van der Waals surface area contributed by atoms with Crippen LogP contribution in [0.25, 0.3) is 0 Å². The summed E-state index contributed by atoms with van der Waals surface area (Å²) in [6, 6.07) is 5.22. The van der Waals surface area contributed by atoms with Crippen LogP contribution in [0.2, 0.25) is 5.02 Å². The molecular weight excluding hydrogens is 290 g/mol. The van der Waals surface area contributed by atoms with Crippen LogP contribution in [0.15, 0.2) is 18.2 Å². The van der Waals surface area contributed by atoms with Crippen LogP contribution in [-0.4, -0.2) is 30.3 Å². The Morgan fingerprint density at radius 3 is 3.10 bits per heavy atom. The maximum atomic E-state index is 12.0. The number of hydrogen-bond donors (Lipinski definition) is 2. The second-order valence-corrected chi connectivity index (χ2v) is 5.26. The Morgan fingerprint density at radius 2 is 2.38 bits per heavy atom. The molecule has 1 unspecified atom stereocenters. The van der Waals surface area contributed by atoms with Crippen molar-refractivity contribution in [1.82, 2.24) is 0 Å². The van der Waals surface area contributed by atoms with E-state index in [0.717, 1.165) is 25.0 Å². The first-order chi connectivity index (χ1) is 10.2. The van der Waals surface area contributed by atoms with Gasteiger partial charge in [0.05, 0.1) is 29.8 Å². The van der Waals surface area contributed by atoms with Crippen molar-refractivity contribution >= 4 is 23.2 Å². The van der Waals surface area contributed by atoms with Crippen molar-refractivity contribution in [3.05, 3.63) is 28.8 Å². The molecule has 0 aliphatic carbocycles. The summed E-state index contributed by atoms with van der Waals surface area (Å²) in [7, 11) is 0. The van der Waals surface area contributed by atoms with Crippen LogP contribution in [0.3, 0.4) is 0 Å². The normalized spacial score (nSPS) is 17.1. The number of aliphatic hydroxyl groups excluding tert-OH is 1. The second kappa shape index (κ2) is 8.04. The number of nitrogens with one attached hydrogen (secondary N) is 1. The summed E-state index contributed by atoms with van der Waals surface area (Å²) >= 11 is 6.08. The average molecular weight is 308 g/mol. The molecule has 0 bridgehead atoms. The highest BCUT2D eigenvalue weighted by Gasteiger charge is 2.19. The number of carbonyl (C=O) groups excluding carboxylic acids is 1. The van der Waals surface area contributed by atoms with E-state index in [1.54, 1.807) is 18.2 Å². The summed E-state index contributed by atoms with van der Waals surface area (Å²) < 4.78 is 5.44. The van der Waals surface area contributed by atoms with E-state index >= 15 is 0 Å². The molecule has 2 rings (SSSR count). The molecule has 0 spiro atoms. The molecule has 112 valence electrons. The van der Waals surface area contributed by atoms with Crippen molar-refractivity contribution in [2.24, 2.45) is 0 Å². The van der Waals surface area contributed by atoms with Gasteiger partial charge in [-0.05, 0) is 31.0 Å². The molecule has 5 heteroatoms. The number of benzene rings is 1. The lowest BCUT2D eigenvalue weighted by molar-refractivity contribution is -0.118. The fourth-order valence-corrected chi connectivity index (χ4v) is 2.30. The standard InChI is InChI=1S/C16H18ClNO3/c17-14-7-6-12(4-1-2-8-19)10-15(14)18-16(20)11-13-5-3-9-21-13/h6-7,10,13,19H,2-3,5,8-9,11H2,(H,18,20). The van der Waals surface area contributed by atoms with Gasteiger partial charge in [-0.25, -0.2) is 0 Å². The van der Waals surface area contributed by atoms with Crippen molar-refractivity contribution in [1.29, 1.82) is 0 Å². The van der Waals surface area contributed by atoms with Crippen molar-refractivity contribution in [2.45, 2.75) is 31.8 Å². The topological polar surface area (TPSA) is 58.6 Å². The van der Waals surface area contributed by atoms with E-state index in [-0.39, 0.29) is 18.6 Å². The van der Waals surface area contributed by atoms with E-state index in [0.29, 0.717) is 23.6 Å². The minimum absolute atomic E-state index is 0.0105. The number of rotatable bonds is 4. The fraction of sp³-hybridized carbons (Fsp3) is 0.438. The van der Waals surface area contributed by atoms with E-state index < -0.39 is 0 Å². The first-order valence-corrected chi connectivity index (χ1v) is 7.37. The molecular formula is C16H18ClNO3. The molecule has 21 heavy (non-hydrogen) atoms. The predicted octanol–water partition coefficient (Wildman–Crippen LogP) is 2.58. The summed E-state index contributed by atoms with van der Waals surface area (Å²) in [5.74, 6) is 5.64. The summed E-state index contributed by atoms with van der Waals surface area (Å²) in [5.41, 5.74) is 1.30. The monoisotopic (exact) mass is 307 g/mol. The van der Waals surface area contributed by atoms with Crippen LogP contribution in [0.4, 0.5) is 5.69 Å². The molecule has 1 aromatic carbocycles. The lowest BCUT2D eigenvalue weighted by Crippen LogP contribution is -2.19. The second-order valence-electron chi connectivity index (χ2n) is 4.86. The van der Waals surface area contributed by atoms with Gasteiger partial charge in [0.2, 0.25) is 5.91 Å². The summed E-state index contributed by atoms with van der Waals surface area (Å²) in [6.45, 7) is 0.764. The third-order valence-corrected chi connectivity index (χ3v) is 3.48. The molecule has 0 saturated carbocycles. The summed E-state index contributed by atoms with van der Waals surface area (Å²) in [5, 5.41) is 12.0. The average Bonchev–Trinajstić information content (AvgIpc) is 2.95. The molecule has 1 amide bonds. The van der Waals surface area contributed by atoms with Crippen LogP contribution in [0.5, 0.6) is 0 Å². The molecule has 1 atom stereocenters. The molecule has 1 aromatic rings. The molecule has 1 saturated heterocycles. The Morgan fingerprint density at radius 1 is 1.52 bits per heavy atom.